The number of benzene rings is 2. The van der Waals surface area contributed by atoms with Gasteiger partial charge in [-0.15, -0.1) is 0 Å². The molecule has 2 aromatic rings. The predicted molar refractivity (Wildman–Crippen MR) is 272 cm³/mol. The van der Waals surface area contributed by atoms with Gasteiger partial charge in [0.15, 0.2) is 0 Å². The lowest BCUT2D eigenvalue weighted by atomic mass is 9.93. The van der Waals surface area contributed by atoms with Crippen LogP contribution in [0.4, 0.5) is 0 Å². The third-order valence-corrected chi connectivity index (χ3v) is 14.6. The van der Waals surface area contributed by atoms with E-state index in [1.54, 1.807) is 63.2 Å². The first-order chi connectivity index (χ1) is 33.7. The summed E-state index contributed by atoms with van der Waals surface area (Å²) in [7, 11) is 7.27. The summed E-state index contributed by atoms with van der Waals surface area (Å²) in [5, 5.41) is 5.64. The minimum absolute atomic E-state index is 0.0384. The van der Waals surface area contributed by atoms with Crippen molar-refractivity contribution in [1.29, 1.82) is 0 Å². The van der Waals surface area contributed by atoms with Crippen LogP contribution in [0.2, 0.25) is 0 Å². The second-order valence-electron chi connectivity index (χ2n) is 20.8. The highest BCUT2D eigenvalue weighted by atomic mass is 16.5. The molecule has 72 heavy (non-hydrogen) atoms. The molecule has 0 spiro atoms. The normalized spacial score (nSPS) is 28.0. The summed E-state index contributed by atoms with van der Waals surface area (Å²) in [6.45, 7) is 17.5. The molecule has 2 heterocycles. The van der Waals surface area contributed by atoms with Gasteiger partial charge in [0.25, 0.3) is 5.91 Å². The van der Waals surface area contributed by atoms with Crippen molar-refractivity contribution in [3.05, 3.63) is 71.8 Å². The maximum Gasteiger partial charge on any atom is 0.329 e. The number of rotatable bonds is 9. The van der Waals surface area contributed by atoms with Gasteiger partial charge in [-0.05, 0) is 75.0 Å². The monoisotopic (exact) mass is 1000 g/mol. The van der Waals surface area contributed by atoms with Crippen LogP contribution in [0.3, 0.4) is 0 Å². The van der Waals surface area contributed by atoms with E-state index in [1.807, 2.05) is 52.8 Å². The minimum Gasteiger partial charge on any atom is -0.458 e. The Kier molecular flexibility index (Phi) is 20.5. The Morgan fingerprint density at radius 3 is 1.78 bits per heavy atom. The highest BCUT2D eigenvalue weighted by Crippen LogP contribution is 2.28. The number of amides is 8. The lowest BCUT2D eigenvalue weighted by Crippen LogP contribution is -2.61. The lowest BCUT2D eigenvalue weighted by Gasteiger charge is -2.39. The molecule has 2 aliphatic rings. The Morgan fingerprint density at radius 1 is 0.667 bits per heavy atom. The molecule has 18 heteroatoms. The molecule has 2 aromatic carbocycles. The average Bonchev–Trinajstić information content (AvgIpc) is 3.75. The van der Waals surface area contributed by atoms with E-state index in [0.717, 1.165) is 5.56 Å². The standard InChI is InChI=1S/C54H80N8O10/c1-16-34(7)45-53(70)60(14)44(32(4)5)54(71)72-37(10)43(56-47(64)39-25-21-18-22-26-39)52(69)59(13)41(27-31(2)3)50(67)58(12)36(9)48(65)62-30-33(6)28-42(62)51(68)57(11)35(8)46(63)55-40(49(66)61(45)15)29-38-23-19-17-20-24-38/h17-26,31-37,40-45H,16,27-30H2,1-15H3,(H,55,63)(H,56,64)/t33-,34-,35-,36-,37+,40-,41-,42+,43-,44-,45-/m0/s1. The largest absolute Gasteiger partial charge is 0.458 e. The van der Waals surface area contributed by atoms with Gasteiger partial charge in [-0.25, -0.2) is 4.79 Å². The second-order valence-corrected chi connectivity index (χ2v) is 20.8. The van der Waals surface area contributed by atoms with E-state index >= 15 is 0 Å². The van der Waals surface area contributed by atoms with Gasteiger partial charge >= 0.3 is 5.97 Å². The zero-order chi connectivity index (χ0) is 54.0. The van der Waals surface area contributed by atoms with Crippen LogP contribution >= 0.6 is 0 Å². The molecule has 0 bridgehead atoms. The number of carbonyl (C=O) groups excluding carboxylic acids is 9. The van der Waals surface area contributed by atoms with Gasteiger partial charge in [0.1, 0.15) is 54.4 Å². The maximum atomic E-state index is 15.0. The number of nitrogens with zero attached hydrogens (tertiary/aromatic N) is 6. The first-order valence-electron chi connectivity index (χ1n) is 25.3. The molecule has 4 rings (SSSR count). The Morgan fingerprint density at radius 2 is 1.22 bits per heavy atom. The van der Waals surface area contributed by atoms with Crippen molar-refractivity contribution in [1.82, 2.24) is 40.0 Å². The van der Waals surface area contributed by atoms with Gasteiger partial charge in [-0.3, -0.25) is 38.4 Å². The third kappa shape index (κ3) is 13.6. The molecule has 2 N–H and O–H groups in total. The summed E-state index contributed by atoms with van der Waals surface area (Å²) in [5.41, 5.74) is 0.934. The number of nitrogens with one attached hydrogen (secondary N) is 2. The molecule has 18 nitrogen and oxygen atoms in total. The van der Waals surface area contributed by atoms with Crippen LogP contribution < -0.4 is 10.6 Å². The fourth-order valence-electron chi connectivity index (χ4n) is 9.68. The van der Waals surface area contributed by atoms with Crippen molar-refractivity contribution in [2.75, 3.05) is 41.8 Å². The second kappa shape index (κ2) is 25.4. The number of esters is 1. The van der Waals surface area contributed by atoms with Gasteiger partial charge in [-0.2, -0.15) is 0 Å². The number of fused-ring (bicyclic) bond motifs is 1. The molecule has 0 unspecified atom stereocenters. The van der Waals surface area contributed by atoms with E-state index in [1.165, 1.54) is 78.5 Å². The third-order valence-electron chi connectivity index (χ3n) is 14.6. The van der Waals surface area contributed by atoms with Gasteiger partial charge in [0.05, 0.1) is 0 Å². The van der Waals surface area contributed by atoms with E-state index < -0.39 is 120 Å². The maximum absolute atomic E-state index is 15.0. The molecule has 0 aromatic heterocycles. The SMILES string of the molecule is CC[C@H](C)[C@H]1C(=O)N(C)[C@@H](C(C)C)C(=O)O[C@H](C)[C@H](NC(=O)c2ccccc2)C(=O)N(C)[C@@H](CC(C)C)C(=O)N(C)[C@@H](C)C(=O)N2C[C@@H](C)C[C@@H]2C(=O)N(C)[C@@H](C)C(=O)N[C@@H](Cc2ccccc2)C(=O)N1C. The molecule has 0 radical (unpaired) electrons. The van der Waals surface area contributed by atoms with Crippen LogP contribution in [0.5, 0.6) is 0 Å². The van der Waals surface area contributed by atoms with Crippen molar-refractivity contribution < 1.29 is 47.9 Å². The minimum atomic E-state index is -1.55. The Balaban J connectivity index is 1.91. The zero-order valence-electron chi connectivity index (χ0n) is 45.1. The molecule has 11 atom stereocenters. The van der Waals surface area contributed by atoms with Crippen LogP contribution in [0.25, 0.3) is 0 Å². The number of likely N-dealkylation sites (N-methyl/N-ethyl adjacent to an activating group) is 5. The zero-order valence-corrected chi connectivity index (χ0v) is 45.1. The molecular formula is C54H80N8O10. The first kappa shape index (κ1) is 58.2. The summed E-state index contributed by atoms with van der Waals surface area (Å²) < 4.78 is 6.10. The van der Waals surface area contributed by atoms with Crippen molar-refractivity contribution in [2.24, 2.45) is 23.7 Å². The fraction of sp³-hybridized carbons (Fsp3) is 0.611. The predicted octanol–water partition coefficient (Wildman–Crippen LogP) is 3.62. The van der Waals surface area contributed by atoms with Crippen molar-refractivity contribution in [3.8, 4) is 0 Å². The van der Waals surface area contributed by atoms with Gasteiger partial charge in [0.2, 0.25) is 41.4 Å². The average molecular weight is 1000 g/mol. The number of ether oxygens (including phenoxy) is 1. The first-order valence-corrected chi connectivity index (χ1v) is 25.3. The summed E-state index contributed by atoms with van der Waals surface area (Å²) in [6.07, 6.45) is -0.443. The molecule has 2 saturated heterocycles. The molecule has 2 aliphatic heterocycles. The topological polar surface area (TPSA) is 206 Å². The quantitative estimate of drug-likeness (QED) is 0.349. The molecule has 396 valence electrons. The smallest absolute Gasteiger partial charge is 0.329 e. The summed E-state index contributed by atoms with van der Waals surface area (Å²) >= 11 is 0. The van der Waals surface area contributed by atoms with Crippen LogP contribution in [0, 0.1) is 23.7 Å². The summed E-state index contributed by atoms with van der Waals surface area (Å²) in [6, 6.07) is 7.66. The van der Waals surface area contributed by atoms with Gasteiger partial charge < -0.3 is 44.8 Å². The van der Waals surface area contributed by atoms with Crippen molar-refractivity contribution in [3.63, 3.8) is 0 Å². The molecule has 0 aliphatic carbocycles. The number of hydrogen-bond acceptors (Lipinski definition) is 10. The van der Waals surface area contributed by atoms with E-state index in [4.69, 9.17) is 4.74 Å². The van der Waals surface area contributed by atoms with Gasteiger partial charge in [-0.1, -0.05) is 103 Å². The van der Waals surface area contributed by atoms with Crippen molar-refractivity contribution >= 4 is 53.2 Å². The van der Waals surface area contributed by atoms with Crippen LogP contribution in [-0.2, 0) is 49.5 Å². The Bertz CT molecular complexity index is 2260. The van der Waals surface area contributed by atoms with Gasteiger partial charge in [0, 0.05) is 53.8 Å². The van der Waals surface area contributed by atoms with Crippen LogP contribution in [0.15, 0.2) is 60.7 Å². The van der Waals surface area contributed by atoms with E-state index in [0.29, 0.717) is 6.42 Å². The number of hydrogen-bond donors (Lipinski definition) is 2. The van der Waals surface area contributed by atoms with Crippen LogP contribution in [0.1, 0.15) is 104 Å². The Labute approximate surface area is 426 Å². The van der Waals surface area contributed by atoms with Crippen LogP contribution in [-0.4, -0.2) is 179 Å². The molecule has 0 saturated carbocycles. The summed E-state index contributed by atoms with van der Waals surface area (Å²) in [4.78, 5) is 139. The number of carbonyl (C=O) groups is 9. The van der Waals surface area contributed by atoms with E-state index in [9.17, 15) is 43.2 Å². The van der Waals surface area contributed by atoms with E-state index in [2.05, 4.69) is 10.6 Å². The van der Waals surface area contributed by atoms with E-state index in [-0.39, 0.29) is 43.2 Å². The molecule has 2 fully saturated rings. The fourth-order valence-corrected chi connectivity index (χ4v) is 9.68. The molecular weight excluding hydrogens is 921 g/mol. The molecule has 8 amide bonds. The summed E-state index contributed by atoms with van der Waals surface area (Å²) in [5.74, 6) is -6.99. The van der Waals surface area contributed by atoms with Crippen molar-refractivity contribution in [2.45, 2.75) is 149 Å². The lowest BCUT2D eigenvalue weighted by molar-refractivity contribution is -0.165. The number of cyclic esters (lactones) is 1. The highest BCUT2D eigenvalue weighted by molar-refractivity contribution is 6.00. The Hall–Kier alpha value is -6.33. The highest BCUT2D eigenvalue weighted by Gasteiger charge is 2.46.